The molecule has 0 aromatic carbocycles. The van der Waals surface area contributed by atoms with E-state index >= 15 is 0 Å². The molecule has 12 heavy (non-hydrogen) atoms. The van der Waals surface area contributed by atoms with Crippen LogP contribution in [-0.2, 0) is 10.8 Å². The smallest absolute Gasteiger partial charge is 0.222 e. The molecule has 0 spiro atoms. The number of anilines is 2. The molecular formula is C5H7N5OS. The first-order valence-corrected chi connectivity index (χ1v) is 4.45. The third kappa shape index (κ3) is 0.942. The minimum atomic E-state index is -1.26. The highest BCUT2D eigenvalue weighted by molar-refractivity contribution is 7.86. The molecule has 0 fully saturated rings. The van der Waals surface area contributed by atoms with Gasteiger partial charge in [-0.05, 0) is 0 Å². The summed E-state index contributed by atoms with van der Waals surface area (Å²) >= 11 is 0. The Morgan fingerprint density at radius 3 is 3.17 bits per heavy atom. The summed E-state index contributed by atoms with van der Waals surface area (Å²) in [4.78, 5) is 8.06. The molecule has 0 unspecified atom stereocenters. The van der Waals surface area contributed by atoms with Gasteiger partial charge in [0.05, 0.1) is 17.0 Å². The summed E-state index contributed by atoms with van der Waals surface area (Å²) in [5.41, 5.74) is 10.2. The third-order valence-corrected chi connectivity index (χ3v) is 2.81. The Morgan fingerprint density at radius 2 is 2.42 bits per heavy atom. The Labute approximate surface area is 70.8 Å². The van der Waals surface area contributed by atoms with Gasteiger partial charge in [-0.1, -0.05) is 0 Å². The molecule has 1 aliphatic rings. The van der Waals surface area contributed by atoms with Crippen molar-refractivity contribution < 1.29 is 4.21 Å². The van der Waals surface area contributed by atoms with E-state index in [4.69, 9.17) is 11.5 Å². The Morgan fingerprint density at radius 1 is 1.67 bits per heavy atom. The van der Waals surface area contributed by atoms with Crippen LogP contribution in [0.25, 0.3) is 0 Å². The maximum atomic E-state index is 11.3. The molecule has 1 aliphatic heterocycles. The van der Waals surface area contributed by atoms with Crippen molar-refractivity contribution in [3.05, 3.63) is 6.20 Å². The molecule has 2 rings (SSSR count). The van der Waals surface area contributed by atoms with Gasteiger partial charge in [0.1, 0.15) is 10.7 Å². The van der Waals surface area contributed by atoms with Crippen LogP contribution < -0.4 is 16.8 Å². The van der Waals surface area contributed by atoms with E-state index in [1.54, 1.807) is 0 Å². The van der Waals surface area contributed by atoms with Crippen molar-refractivity contribution in [3.8, 4) is 0 Å². The fraction of sp³-hybridized carbons (Fsp3) is 0.200. The zero-order chi connectivity index (χ0) is 8.72. The number of aromatic nitrogens is 2. The average Bonchev–Trinajstić information content (AvgIpc) is 2.28. The largest absolute Gasteiger partial charge is 0.368 e. The molecule has 2 atom stereocenters. The lowest BCUT2D eigenvalue weighted by Crippen LogP contribution is -2.28. The molecule has 0 bridgehead atoms. The molecule has 0 radical (unpaired) electrons. The Balaban J connectivity index is 2.54. The van der Waals surface area contributed by atoms with Gasteiger partial charge in [0.2, 0.25) is 5.95 Å². The standard InChI is InChI=1S/C5H7N5OS/c6-4-8-1-2-3(9-4)10-5(7)12(2)11/h1,5H,7H2,(H3,6,8,9,10)/t5-,12+/m0/s1. The highest BCUT2D eigenvalue weighted by Gasteiger charge is 2.27. The van der Waals surface area contributed by atoms with Gasteiger partial charge >= 0.3 is 0 Å². The van der Waals surface area contributed by atoms with Gasteiger partial charge in [0.25, 0.3) is 0 Å². The summed E-state index contributed by atoms with van der Waals surface area (Å²) < 4.78 is 11.3. The highest BCUT2D eigenvalue weighted by Crippen LogP contribution is 2.25. The zero-order valence-corrected chi connectivity index (χ0v) is 6.84. The molecule has 64 valence electrons. The summed E-state index contributed by atoms with van der Waals surface area (Å²) in [5, 5.41) is 2.73. The van der Waals surface area contributed by atoms with Crippen molar-refractivity contribution in [3.63, 3.8) is 0 Å². The van der Waals surface area contributed by atoms with Crippen molar-refractivity contribution in [1.29, 1.82) is 0 Å². The van der Waals surface area contributed by atoms with E-state index in [9.17, 15) is 4.21 Å². The van der Waals surface area contributed by atoms with Gasteiger partial charge in [0.15, 0.2) is 5.50 Å². The molecule has 1 aromatic rings. The maximum Gasteiger partial charge on any atom is 0.222 e. The molecule has 5 N–H and O–H groups in total. The monoisotopic (exact) mass is 185 g/mol. The second kappa shape index (κ2) is 2.39. The lowest BCUT2D eigenvalue weighted by Gasteiger charge is -1.98. The molecular weight excluding hydrogens is 178 g/mol. The highest BCUT2D eigenvalue weighted by atomic mass is 32.2. The van der Waals surface area contributed by atoms with Crippen LogP contribution in [0.1, 0.15) is 0 Å². The SMILES string of the molecule is Nc1ncc2c(n1)N[C@H](N)[S@@]2=O. The first-order chi connectivity index (χ1) is 5.68. The second-order valence-corrected chi connectivity index (χ2v) is 3.85. The lowest BCUT2D eigenvalue weighted by atomic mass is 10.6. The number of nitrogens with zero attached hydrogens (tertiary/aromatic N) is 2. The predicted octanol–water partition coefficient (Wildman–Crippen LogP) is -1.17. The van der Waals surface area contributed by atoms with Crippen LogP contribution >= 0.6 is 0 Å². The predicted molar refractivity (Wildman–Crippen MR) is 44.5 cm³/mol. The van der Waals surface area contributed by atoms with E-state index in [1.165, 1.54) is 6.20 Å². The molecule has 6 nitrogen and oxygen atoms in total. The third-order valence-electron chi connectivity index (χ3n) is 1.50. The normalized spacial score (nSPS) is 26.4. The van der Waals surface area contributed by atoms with E-state index in [-0.39, 0.29) is 5.95 Å². The first kappa shape index (κ1) is 7.44. The number of hydrogen-bond acceptors (Lipinski definition) is 6. The number of fused-ring (bicyclic) bond motifs is 1. The van der Waals surface area contributed by atoms with Gasteiger partial charge in [-0.2, -0.15) is 4.98 Å². The van der Waals surface area contributed by atoms with E-state index in [0.717, 1.165) is 0 Å². The van der Waals surface area contributed by atoms with Crippen LogP contribution in [0.2, 0.25) is 0 Å². The van der Waals surface area contributed by atoms with E-state index < -0.39 is 16.3 Å². The van der Waals surface area contributed by atoms with Crippen LogP contribution in [0.15, 0.2) is 11.1 Å². The molecule has 0 saturated heterocycles. The summed E-state index contributed by atoms with van der Waals surface area (Å²) in [6, 6.07) is 0. The number of nitrogens with two attached hydrogens (primary N) is 2. The minimum Gasteiger partial charge on any atom is -0.368 e. The van der Waals surface area contributed by atoms with Crippen molar-refractivity contribution in [1.82, 2.24) is 9.97 Å². The topological polar surface area (TPSA) is 107 Å². The molecule has 0 saturated carbocycles. The summed E-state index contributed by atoms with van der Waals surface area (Å²) in [6.07, 6.45) is 1.42. The number of rotatable bonds is 0. The zero-order valence-electron chi connectivity index (χ0n) is 6.02. The molecule has 1 aromatic heterocycles. The Hall–Kier alpha value is -1.21. The number of nitrogens with one attached hydrogen (secondary N) is 1. The Kier molecular flexibility index (Phi) is 1.48. The molecule has 0 aliphatic carbocycles. The van der Waals surface area contributed by atoms with Crippen LogP contribution in [0.5, 0.6) is 0 Å². The summed E-state index contributed by atoms with van der Waals surface area (Å²) in [7, 11) is -1.26. The maximum absolute atomic E-state index is 11.3. The average molecular weight is 185 g/mol. The van der Waals surface area contributed by atoms with E-state index in [1.807, 2.05) is 0 Å². The quantitative estimate of drug-likeness (QED) is 0.470. The van der Waals surface area contributed by atoms with Crippen LogP contribution in [0, 0.1) is 0 Å². The van der Waals surface area contributed by atoms with E-state index in [0.29, 0.717) is 10.7 Å². The van der Waals surface area contributed by atoms with Crippen LogP contribution in [-0.4, -0.2) is 19.7 Å². The minimum absolute atomic E-state index is 0.146. The van der Waals surface area contributed by atoms with Crippen LogP contribution in [0.3, 0.4) is 0 Å². The summed E-state index contributed by atoms with van der Waals surface area (Å²) in [5.74, 6) is 0.612. The van der Waals surface area contributed by atoms with Crippen molar-refractivity contribution in [2.75, 3.05) is 11.1 Å². The van der Waals surface area contributed by atoms with E-state index in [2.05, 4.69) is 15.3 Å². The van der Waals surface area contributed by atoms with Gasteiger partial charge in [0, 0.05) is 0 Å². The fourth-order valence-electron chi connectivity index (χ4n) is 0.960. The van der Waals surface area contributed by atoms with Gasteiger partial charge in [-0.3, -0.25) is 4.21 Å². The van der Waals surface area contributed by atoms with Crippen LogP contribution in [0.4, 0.5) is 11.8 Å². The molecule has 2 heterocycles. The van der Waals surface area contributed by atoms with Gasteiger partial charge in [-0.15, -0.1) is 0 Å². The number of hydrogen-bond donors (Lipinski definition) is 3. The molecule has 7 heteroatoms. The first-order valence-electron chi connectivity index (χ1n) is 3.23. The second-order valence-electron chi connectivity index (χ2n) is 2.30. The lowest BCUT2D eigenvalue weighted by molar-refractivity contribution is 0.679. The Bertz CT molecular complexity index is 354. The van der Waals surface area contributed by atoms with Gasteiger partial charge < -0.3 is 16.8 Å². The van der Waals surface area contributed by atoms with Crippen molar-refractivity contribution in [2.45, 2.75) is 10.4 Å². The fourth-order valence-corrected chi connectivity index (χ4v) is 1.90. The van der Waals surface area contributed by atoms with Crippen molar-refractivity contribution in [2.24, 2.45) is 5.73 Å². The van der Waals surface area contributed by atoms with Gasteiger partial charge in [-0.25, -0.2) is 4.98 Å². The number of nitrogen functional groups attached to an aromatic ring is 1. The van der Waals surface area contributed by atoms with Crippen molar-refractivity contribution >= 4 is 22.6 Å². The summed E-state index contributed by atoms with van der Waals surface area (Å²) in [6.45, 7) is 0. The molecule has 0 amide bonds.